The van der Waals surface area contributed by atoms with E-state index in [2.05, 4.69) is 5.32 Å². The summed E-state index contributed by atoms with van der Waals surface area (Å²) in [5.74, 6) is -0.122. The van der Waals surface area contributed by atoms with Crippen LogP contribution in [0.3, 0.4) is 0 Å². The van der Waals surface area contributed by atoms with Crippen LogP contribution in [0.15, 0.2) is 70.2 Å². The van der Waals surface area contributed by atoms with Crippen LogP contribution in [0.4, 0.5) is 11.4 Å². The highest BCUT2D eigenvalue weighted by atomic mass is 35.5. The number of halogens is 1. The third kappa shape index (κ3) is 5.81. The van der Waals surface area contributed by atoms with Crippen molar-refractivity contribution in [2.75, 3.05) is 24.3 Å². The third-order valence-corrected chi connectivity index (χ3v) is 7.88. The van der Waals surface area contributed by atoms with Crippen molar-refractivity contribution in [3.05, 3.63) is 77.2 Å². The molecule has 0 aliphatic rings. The summed E-state index contributed by atoms with van der Waals surface area (Å²) >= 11 is 6.10. The summed E-state index contributed by atoms with van der Waals surface area (Å²) < 4.78 is 34.1. The summed E-state index contributed by atoms with van der Waals surface area (Å²) in [6, 6.07) is 14.6. The highest BCUT2D eigenvalue weighted by molar-refractivity contribution is 7.89. The first-order chi connectivity index (χ1) is 16.0. The SMILES string of the molecule is CC(C)[C@@H](C)N(Cc1cc(NC(=O)c2ccco2)ccc1N(C)C)S(=O)(=O)c1cccc(Cl)c1. The van der Waals surface area contributed by atoms with Crippen LogP contribution in [-0.4, -0.2) is 38.8 Å². The fraction of sp³-hybridized carbons (Fsp3) is 0.320. The van der Waals surface area contributed by atoms with Gasteiger partial charge in [-0.05, 0) is 66.9 Å². The van der Waals surface area contributed by atoms with Gasteiger partial charge in [-0.2, -0.15) is 4.31 Å². The molecule has 182 valence electrons. The number of benzene rings is 2. The van der Waals surface area contributed by atoms with E-state index in [0.717, 1.165) is 11.3 Å². The monoisotopic (exact) mass is 503 g/mol. The average Bonchev–Trinajstić information content (AvgIpc) is 3.32. The summed E-state index contributed by atoms with van der Waals surface area (Å²) in [7, 11) is -0.0708. The first-order valence-electron chi connectivity index (χ1n) is 10.9. The molecule has 7 nitrogen and oxygen atoms in total. The molecule has 0 saturated heterocycles. The molecule has 9 heteroatoms. The van der Waals surface area contributed by atoms with Crippen molar-refractivity contribution in [1.82, 2.24) is 4.31 Å². The molecule has 0 radical (unpaired) electrons. The second-order valence-corrected chi connectivity index (χ2v) is 11.0. The molecule has 1 heterocycles. The van der Waals surface area contributed by atoms with E-state index in [-0.39, 0.29) is 35.1 Å². The standard InChI is InChI=1S/C25H30ClN3O4S/c1-17(2)18(3)29(34(31,32)22-9-6-8-20(26)15-22)16-19-14-21(11-12-23(19)28(4)5)27-25(30)24-10-7-13-33-24/h6-15,17-18H,16H2,1-5H3,(H,27,30)/t18-/m1/s1. The molecule has 0 spiro atoms. The smallest absolute Gasteiger partial charge is 0.291 e. The van der Waals surface area contributed by atoms with Crippen LogP contribution in [0.25, 0.3) is 0 Å². The minimum Gasteiger partial charge on any atom is -0.459 e. The highest BCUT2D eigenvalue weighted by Gasteiger charge is 2.32. The van der Waals surface area contributed by atoms with Gasteiger partial charge in [-0.25, -0.2) is 8.42 Å². The van der Waals surface area contributed by atoms with Crippen molar-refractivity contribution in [3.63, 3.8) is 0 Å². The Morgan fingerprint density at radius 3 is 2.38 bits per heavy atom. The summed E-state index contributed by atoms with van der Waals surface area (Å²) in [6.45, 7) is 5.98. The van der Waals surface area contributed by atoms with Crippen LogP contribution < -0.4 is 10.2 Å². The Balaban J connectivity index is 2.02. The molecule has 0 aliphatic carbocycles. The zero-order chi connectivity index (χ0) is 25.0. The Morgan fingerprint density at radius 1 is 1.06 bits per heavy atom. The Hall–Kier alpha value is -2.81. The molecule has 3 aromatic rings. The van der Waals surface area contributed by atoms with Crippen molar-refractivity contribution < 1.29 is 17.6 Å². The van der Waals surface area contributed by atoms with Crippen molar-refractivity contribution in [2.45, 2.75) is 38.3 Å². The van der Waals surface area contributed by atoms with E-state index in [9.17, 15) is 13.2 Å². The lowest BCUT2D eigenvalue weighted by Gasteiger charge is -2.32. The van der Waals surface area contributed by atoms with Crippen LogP contribution in [-0.2, 0) is 16.6 Å². The number of carbonyl (C=O) groups is 1. The predicted molar refractivity (Wildman–Crippen MR) is 136 cm³/mol. The number of amides is 1. The molecule has 34 heavy (non-hydrogen) atoms. The molecule has 0 bridgehead atoms. The maximum absolute atomic E-state index is 13.7. The number of anilines is 2. The van der Waals surface area contributed by atoms with E-state index in [1.165, 1.54) is 16.6 Å². The van der Waals surface area contributed by atoms with Gasteiger partial charge in [0.15, 0.2) is 5.76 Å². The Morgan fingerprint density at radius 2 is 1.79 bits per heavy atom. The van der Waals surface area contributed by atoms with Gasteiger partial charge < -0.3 is 14.6 Å². The number of nitrogens with zero attached hydrogens (tertiary/aromatic N) is 2. The van der Waals surface area contributed by atoms with Gasteiger partial charge in [0, 0.05) is 43.1 Å². The van der Waals surface area contributed by atoms with Crippen molar-refractivity contribution >= 4 is 38.9 Å². The number of carbonyl (C=O) groups excluding carboxylic acids is 1. The summed E-state index contributed by atoms with van der Waals surface area (Å²) in [4.78, 5) is 14.5. The molecular weight excluding hydrogens is 474 g/mol. The molecule has 1 aromatic heterocycles. The second-order valence-electron chi connectivity index (χ2n) is 8.66. The topological polar surface area (TPSA) is 82.9 Å². The lowest BCUT2D eigenvalue weighted by atomic mass is 10.1. The Bertz CT molecular complexity index is 1240. The van der Waals surface area contributed by atoms with E-state index in [0.29, 0.717) is 10.7 Å². The fourth-order valence-electron chi connectivity index (χ4n) is 3.54. The molecule has 1 atom stereocenters. The molecule has 1 amide bonds. The normalized spacial score (nSPS) is 12.7. The molecule has 3 rings (SSSR count). The van der Waals surface area contributed by atoms with Gasteiger partial charge in [0.1, 0.15) is 0 Å². The lowest BCUT2D eigenvalue weighted by molar-refractivity contribution is 0.0996. The van der Waals surface area contributed by atoms with Gasteiger partial charge in [-0.3, -0.25) is 4.79 Å². The molecular formula is C25H30ClN3O4S. The first-order valence-corrected chi connectivity index (χ1v) is 12.7. The van der Waals surface area contributed by atoms with E-state index in [1.54, 1.807) is 42.5 Å². The van der Waals surface area contributed by atoms with E-state index in [1.807, 2.05) is 45.8 Å². The maximum Gasteiger partial charge on any atom is 0.291 e. The number of hydrogen-bond acceptors (Lipinski definition) is 5. The van der Waals surface area contributed by atoms with Gasteiger partial charge in [-0.15, -0.1) is 0 Å². The molecule has 2 aromatic carbocycles. The summed E-state index contributed by atoms with van der Waals surface area (Å²) in [5.41, 5.74) is 2.14. The average molecular weight is 504 g/mol. The van der Waals surface area contributed by atoms with Crippen LogP contribution in [0.1, 0.15) is 36.9 Å². The minimum absolute atomic E-state index is 0.0682. The quantitative estimate of drug-likeness (QED) is 0.417. The molecule has 0 unspecified atom stereocenters. The molecule has 1 N–H and O–H groups in total. The van der Waals surface area contributed by atoms with Crippen LogP contribution in [0, 0.1) is 5.92 Å². The lowest BCUT2D eigenvalue weighted by Crippen LogP contribution is -2.41. The van der Waals surface area contributed by atoms with Crippen LogP contribution >= 0.6 is 11.6 Å². The van der Waals surface area contributed by atoms with E-state index < -0.39 is 10.0 Å². The summed E-state index contributed by atoms with van der Waals surface area (Å²) in [6.07, 6.45) is 1.43. The zero-order valence-corrected chi connectivity index (χ0v) is 21.5. The number of sulfonamides is 1. The van der Waals surface area contributed by atoms with Gasteiger partial charge in [0.25, 0.3) is 5.91 Å². The number of rotatable bonds is 9. The predicted octanol–water partition coefficient (Wildman–Crippen LogP) is 5.49. The third-order valence-electron chi connectivity index (χ3n) is 5.71. The maximum atomic E-state index is 13.7. The van der Waals surface area contributed by atoms with Gasteiger partial charge >= 0.3 is 0 Å². The van der Waals surface area contributed by atoms with Gasteiger partial charge in [0.2, 0.25) is 10.0 Å². The first kappa shape index (κ1) is 25.8. The van der Waals surface area contributed by atoms with Crippen molar-refractivity contribution in [2.24, 2.45) is 5.92 Å². The Kier molecular flexibility index (Phi) is 8.07. The second kappa shape index (κ2) is 10.6. The molecule has 0 aliphatic heterocycles. The Labute approximate surface area is 206 Å². The van der Waals surface area contributed by atoms with Crippen LogP contribution in [0.5, 0.6) is 0 Å². The van der Waals surface area contributed by atoms with Crippen LogP contribution in [0.2, 0.25) is 5.02 Å². The number of hydrogen-bond donors (Lipinski definition) is 1. The minimum atomic E-state index is -3.85. The molecule has 0 saturated carbocycles. The van der Waals surface area contributed by atoms with Gasteiger partial charge in [-0.1, -0.05) is 31.5 Å². The van der Waals surface area contributed by atoms with Crippen molar-refractivity contribution in [3.8, 4) is 0 Å². The van der Waals surface area contributed by atoms with Gasteiger partial charge in [0.05, 0.1) is 11.2 Å². The zero-order valence-electron chi connectivity index (χ0n) is 19.9. The fourth-order valence-corrected chi connectivity index (χ4v) is 5.58. The summed E-state index contributed by atoms with van der Waals surface area (Å²) in [5, 5.41) is 3.17. The number of furan rings is 1. The molecule has 0 fully saturated rings. The largest absolute Gasteiger partial charge is 0.459 e. The van der Waals surface area contributed by atoms with Crippen molar-refractivity contribution in [1.29, 1.82) is 0 Å². The van der Waals surface area contributed by atoms with E-state index >= 15 is 0 Å². The highest BCUT2D eigenvalue weighted by Crippen LogP contribution is 2.30. The van der Waals surface area contributed by atoms with E-state index in [4.69, 9.17) is 16.0 Å². The number of nitrogens with one attached hydrogen (secondary N) is 1.